The van der Waals surface area contributed by atoms with Crippen LogP contribution in [-0.2, 0) is 16.1 Å². The van der Waals surface area contributed by atoms with Crippen LogP contribution >= 0.6 is 0 Å². The Morgan fingerprint density at radius 1 is 0.891 bits per heavy atom. The van der Waals surface area contributed by atoms with Gasteiger partial charge in [0.15, 0.2) is 5.67 Å². The number of piperidine rings is 1. The number of amides is 1. The van der Waals surface area contributed by atoms with E-state index in [1.54, 1.807) is 12.1 Å². The Balaban J connectivity index is 0.000000738. The summed E-state index contributed by atoms with van der Waals surface area (Å²) >= 11 is 0. The smallest absolute Gasteiger partial charge is 0.490 e. The summed E-state index contributed by atoms with van der Waals surface area (Å²) in [6, 6.07) is 15.6. The number of aromatic carboxylic acids is 1. The lowest BCUT2D eigenvalue weighted by atomic mass is 9.91. The molecular formula is C32H33F5N2O7. The summed E-state index contributed by atoms with van der Waals surface area (Å²) in [4.78, 5) is 34.7. The second kappa shape index (κ2) is 15.5. The number of nitrogens with one attached hydrogen (secondary N) is 1. The number of nitrogens with zero attached hydrogens (tertiary/aromatic N) is 1. The molecule has 9 nitrogen and oxygen atoms in total. The second-order valence-corrected chi connectivity index (χ2v) is 10.2. The Kier molecular flexibility index (Phi) is 12.1. The van der Waals surface area contributed by atoms with E-state index < -0.39 is 29.7 Å². The van der Waals surface area contributed by atoms with Crippen molar-refractivity contribution in [3.05, 3.63) is 77.6 Å². The van der Waals surface area contributed by atoms with Crippen molar-refractivity contribution in [2.24, 2.45) is 0 Å². The highest BCUT2D eigenvalue weighted by molar-refractivity contribution is 5.98. The molecular weight excluding hydrogens is 619 g/mol. The van der Waals surface area contributed by atoms with Gasteiger partial charge in [0.1, 0.15) is 17.3 Å². The molecule has 1 fully saturated rings. The van der Waals surface area contributed by atoms with E-state index in [1.165, 1.54) is 36.4 Å². The maximum atomic E-state index is 15.6. The van der Waals surface area contributed by atoms with E-state index >= 15 is 4.39 Å². The zero-order chi connectivity index (χ0) is 34.1. The number of carbonyl (C=O) groups is 3. The normalized spacial score (nSPS) is 14.4. The first-order valence-corrected chi connectivity index (χ1v) is 14.2. The Bertz CT molecular complexity index is 1480. The number of aliphatic carboxylic acids is 1. The van der Waals surface area contributed by atoms with Gasteiger partial charge in [-0.1, -0.05) is 12.1 Å². The average Bonchev–Trinajstić information content (AvgIpc) is 2.99. The highest BCUT2D eigenvalue weighted by Crippen LogP contribution is 2.41. The Labute approximate surface area is 261 Å². The number of carboxylic acids is 2. The molecule has 3 aromatic rings. The molecule has 3 aromatic carbocycles. The fraction of sp³-hybridized carbons (Fsp3) is 0.344. The van der Waals surface area contributed by atoms with Gasteiger partial charge in [-0.3, -0.25) is 9.69 Å². The summed E-state index contributed by atoms with van der Waals surface area (Å²) in [6.45, 7) is 5.90. The molecule has 0 spiro atoms. The molecule has 3 N–H and O–H groups in total. The van der Waals surface area contributed by atoms with Crippen molar-refractivity contribution < 1.29 is 56.0 Å². The van der Waals surface area contributed by atoms with E-state index in [4.69, 9.17) is 24.5 Å². The third-order valence-electron chi connectivity index (χ3n) is 6.95. The summed E-state index contributed by atoms with van der Waals surface area (Å²) in [5.41, 5.74) is 0.846. The van der Waals surface area contributed by atoms with Crippen LogP contribution in [0, 0.1) is 5.82 Å². The molecule has 0 radical (unpaired) electrons. The predicted octanol–water partition coefficient (Wildman–Crippen LogP) is 6.56. The van der Waals surface area contributed by atoms with Crippen LogP contribution in [0.15, 0.2) is 60.7 Å². The highest BCUT2D eigenvalue weighted by Gasteiger charge is 2.42. The van der Waals surface area contributed by atoms with Crippen molar-refractivity contribution in [3.8, 4) is 22.6 Å². The molecule has 0 atom stereocenters. The van der Waals surface area contributed by atoms with Crippen LogP contribution in [0.1, 0.15) is 42.6 Å². The number of halogens is 5. The average molecular weight is 653 g/mol. The first-order valence-electron chi connectivity index (χ1n) is 14.2. The van der Waals surface area contributed by atoms with Crippen molar-refractivity contribution in [1.82, 2.24) is 4.90 Å². The summed E-state index contributed by atoms with van der Waals surface area (Å²) in [5.74, 6) is -3.65. The molecule has 248 valence electrons. The molecule has 14 heteroatoms. The topological polar surface area (TPSA) is 125 Å². The monoisotopic (exact) mass is 652 g/mol. The van der Waals surface area contributed by atoms with Gasteiger partial charge in [0.05, 0.1) is 24.3 Å². The minimum Gasteiger partial charge on any atom is -0.493 e. The van der Waals surface area contributed by atoms with Crippen LogP contribution < -0.4 is 14.8 Å². The highest BCUT2D eigenvalue weighted by atomic mass is 19.4. The zero-order valence-corrected chi connectivity index (χ0v) is 25.0. The van der Waals surface area contributed by atoms with E-state index in [0.29, 0.717) is 50.0 Å². The fourth-order valence-electron chi connectivity index (χ4n) is 4.67. The maximum absolute atomic E-state index is 15.6. The van der Waals surface area contributed by atoms with Crippen molar-refractivity contribution in [2.75, 3.05) is 31.6 Å². The molecule has 0 unspecified atom stereocenters. The lowest BCUT2D eigenvalue weighted by Gasteiger charge is -2.35. The standard InChI is InChI=1S/C30H32F2N2O5.C2HF3O2/c1-3-38-25-17-20(18-26(39-4-2)27(25)21-5-9-23(31)10-6-21)19-34-15-13-30(32,14-16-34)29(37)33-24-11-7-22(8-12-24)28(35)36;3-2(4,5)1(6)7/h5-12,17-18H,3-4,13-16,19H2,1-2H3,(H,33,37)(H,35,36);(H,6,7). The van der Waals surface area contributed by atoms with Crippen LogP contribution in [0.2, 0.25) is 0 Å². The molecule has 46 heavy (non-hydrogen) atoms. The van der Waals surface area contributed by atoms with Gasteiger partial charge < -0.3 is 25.0 Å². The quantitative estimate of drug-likeness (QED) is 0.210. The fourth-order valence-corrected chi connectivity index (χ4v) is 4.67. The van der Waals surface area contributed by atoms with Gasteiger partial charge in [-0.15, -0.1) is 0 Å². The van der Waals surface area contributed by atoms with Gasteiger partial charge >= 0.3 is 18.1 Å². The van der Waals surface area contributed by atoms with Crippen LogP contribution in [0.3, 0.4) is 0 Å². The zero-order valence-electron chi connectivity index (χ0n) is 25.0. The first kappa shape index (κ1) is 35.8. The summed E-state index contributed by atoms with van der Waals surface area (Å²) < 4.78 is 72.7. The molecule has 1 aliphatic rings. The molecule has 0 saturated carbocycles. The van der Waals surface area contributed by atoms with Crippen molar-refractivity contribution in [2.45, 2.75) is 45.1 Å². The number of rotatable bonds is 10. The second-order valence-electron chi connectivity index (χ2n) is 10.2. The van der Waals surface area contributed by atoms with Crippen molar-refractivity contribution in [3.63, 3.8) is 0 Å². The number of ether oxygens (including phenoxy) is 2. The van der Waals surface area contributed by atoms with E-state index in [-0.39, 0.29) is 24.2 Å². The van der Waals surface area contributed by atoms with Crippen LogP contribution in [0.5, 0.6) is 11.5 Å². The number of anilines is 1. The van der Waals surface area contributed by atoms with Gasteiger partial charge in [0.2, 0.25) is 0 Å². The lowest BCUT2D eigenvalue weighted by Crippen LogP contribution is -2.48. The number of hydrogen-bond donors (Lipinski definition) is 3. The third kappa shape index (κ3) is 9.64. The Hall–Kier alpha value is -4.72. The third-order valence-corrected chi connectivity index (χ3v) is 6.95. The van der Waals surface area contributed by atoms with E-state index in [9.17, 15) is 27.2 Å². The number of alkyl halides is 4. The molecule has 1 amide bonds. The Morgan fingerprint density at radius 2 is 1.39 bits per heavy atom. The van der Waals surface area contributed by atoms with Gasteiger partial charge in [0.25, 0.3) is 5.91 Å². The van der Waals surface area contributed by atoms with Crippen LogP contribution in [0.25, 0.3) is 11.1 Å². The van der Waals surface area contributed by atoms with Gasteiger partial charge in [-0.2, -0.15) is 13.2 Å². The van der Waals surface area contributed by atoms with Crippen LogP contribution in [-0.4, -0.2) is 71.1 Å². The molecule has 4 rings (SSSR count). The van der Waals surface area contributed by atoms with E-state index in [2.05, 4.69) is 10.2 Å². The summed E-state index contributed by atoms with van der Waals surface area (Å²) in [5, 5.41) is 18.7. The van der Waals surface area contributed by atoms with E-state index in [1.807, 2.05) is 26.0 Å². The number of carboxylic acid groups (broad SMARTS) is 2. The molecule has 1 heterocycles. The Morgan fingerprint density at radius 3 is 1.83 bits per heavy atom. The minimum atomic E-state index is -5.08. The number of hydrogen-bond acceptors (Lipinski definition) is 6. The van der Waals surface area contributed by atoms with Gasteiger partial charge in [-0.05, 0) is 73.5 Å². The summed E-state index contributed by atoms with van der Waals surface area (Å²) in [7, 11) is 0. The largest absolute Gasteiger partial charge is 0.493 e. The van der Waals surface area contributed by atoms with Gasteiger partial charge in [-0.25, -0.2) is 18.4 Å². The lowest BCUT2D eigenvalue weighted by molar-refractivity contribution is -0.192. The maximum Gasteiger partial charge on any atom is 0.490 e. The van der Waals surface area contributed by atoms with Gasteiger partial charge in [0, 0.05) is 38.2 Å². The number of carbonyl (C=O) groups excluding carboxylic acids is 1. The van der Waals surface area contributed by atoms with Crippen molar-refractivity contribution >= 4 is 23.5 Å². The van der Waals surface area contributed by atoms with Crippen molar-refractivity contribution in [1.29, 1.82) is 0 Å². The molecule has 0 aromatic heterocycles. The number of benzene rings is 3. The molecule has 0 aliphatic carbocycles. The predicted molar refractivity (Wildman–Crippen MR) is 158 cm³/mol. The molecule has 1 saturated heterocycles. The minimum absolute atomic E-state index is 0.0241. The van der Waals surface area contributed by atoms with Crippen LogP contribution in [0.4, 0.5) is 27.6 Å². The molecule has 0 bridgehead atoms. The molecule has 1 aliphatic heterocycles. The first-order chi connectivity index (χ1) is 21.7. The SMILES string of the molecule is CCOc1cc(CN2CCC(F)(C(=O)Nc3ccc(C(=O)O)cc3)CC2)cc(OCC)c1-c1ccc(F)cc1.O=C(O)C(F)(F)F. The van der Waals surface area contributed by atoms with E-state index in [0.717, 1.165) is 16.7 Å². The number of likely N-dealkylation sites (tertiary alicyclic amines) is 1. The summed E-state index contributed by atoms with van der Waals surface area (Å²) in [6.07, 6.45) is -5.04.